The van der Waals surface area contributed by atoms with Crippen LogP contribution < -0.4 is 0 Å². The van der Waals surface area contributed by atoms with Crippen LogP contribution in [0.4, 0.5) is 5.69 Å². The van der Waals surface area contributed by atoms with Crippen molar-refractivity contribution >= 4 is 22.5 Å². The Hall–Kier alpha value is -2.37. The molecule has 0 aliphatic rings. The maximum atomic E-state index is 11.5. The van der Waals surface area contributed by atoms with Crippen molar-refractivity contribution in [3.63, 3.8) is 0 Å². The predicted molar refractivity (Wildman–Crippen MR) is 76.5 cm³/mol. The molecule has 2 rings (SSSR count). The maximum absolute atomic E-state index is 11.5. The normalized spacial score (nSPS) is 10.7. The van der Waals surface area contributed by atoms with Crippen LogP contribution in [-0.4, -0.2) is 34.4 Å². The fourth-order valence-electron chi connectivity index (χ4n) is 2.19. The average molecular weight is 275 g/mol. The fraction of sp³-hybridized carbons (Fsp3) is 0.357. The summed E-state index contributed by atoms with van der Waals surface area (Å²) in [6.45, 7) is 0.671. The Bertz CT molecular complexity index is 646. The summed E-state index contributed by atoms with van der Waals surface area (Å²) in [6.07, 6.45) is 3.02. The minimum Gasteiger partial charge on any atom is -0.349 e. The van der Waals surface area contributed by atoms with Crippen LogP contribution in [0.1, 0.15) is 12.8 Å². The van der Waals surface area contributed by atoms with E-state index in [1.165, 1.54) is 6.07 Å². The number of aryl methyl sites for hydroxylation is 1. The SMILES string of the molecule is CN(C)C(=O)CCCn1ccc2c([N+](=O)[O-])cccc21. The highest BCUT2D eigenvalue weighted by molar-refractivity contribution is 5.89. The molecule has 1 aromatic heterocycles. The zero-order valence-electron chi connectivity index (χ0n) is 11.6. The van der Waals surface area contributed by atoms with Gasteiger partial charge in [-0.1, -0.05) is 6.07 Å². The van der Waals surface area contributed by atoms with Gasteiger partial charge in [-0.2, -0.15) is 0 Å². The van der Waals surface area contributed by atoms with Gasteiger partial charge in [-0.05, 0) is 18.6 Å². The van der Waals surface area contributed by atoms with Gasteiger partial charge >= 0.3 is 0 Å². The molecule has 0 bridgehead atoms. The van der Waals surface area contributed by atoms with Crippen molar-refractivity contribution in [1.82, 2.24) is 9.47 Å². The molecule has 0 atom stereocenters. The van der Waals surface area contributed by atoms with Crippen LogP contribution in [0.3, 0.4) is 0 Å². The van der Waals surface area contributed by atoms with E-state index in [1.54, 1.807) is 31.1 Å². The maximum Gasteiger partial charge on any atom is 0.278 e. The molecule has 0 N–H and O–H groups in total. The van der Waals surface area contributed by atoms with Crippen molar-refractivity contribution in [1.29, 1.82) is 0 Å². The number of nitro groups is 1. The molecule has 0 spiro atoms. The summed E-state index contributed by atoms with van der Waals surface area (Å²) >= 11 is 0. The summed E-state index contributed by atoms with van der Waals surface area (Å²) in [4.78, 5) is 23.6. The highest BCUT2D eigenvalue weighted by Gasteiger charge is 2.13. The van der Waals surface area contributed by atoms with E-state index in [0.29, 0.717) is 24.8 Å². The average Bonchev–Trinajstić information content (AvgIpc) is 2.81. The minimum atomic E-state index is -0.373. The van der Waals surface area contributed by atoms with Gasteiger partial charge < -0.3 is 9.47 Å². The summed E-state index contributed by atoms with van der Waals surface area (Å²) in [7, 11) is 3.47. The fourth-order valence-corrected chi connectivity index (χ4v) is 2.19. The third-order valence-corrected chi connectivity index (χ3v) is 3.28. The van der Waals surface area contributed by atoms with E-state index in [9.17, 15) is 14.9 Å². The van der Waals surface area contributed by atoms with Crippen LogP contribution >= 0.6 is 0 Å². The number of benzene rings is 1. The van der Waals surface area contributed by atoms with Crippen LogP contribution in [0, 0.1) is 10.1 Å². The molecule has 20 heavy (non-hydrogen) atoms. The van der Waals surface area contributed by atoms with E-state index in [2.05, 4.69) is 0 Å². The molecule has 0 aliphatic carbocycles. The Morgan fingerprint density at radius 2 is 2.10 bits per heavy atom. The monoisotopic (exact) mass is 275 g/mol. The van der Waals surface area contributed by atoms with Gasteiger partial charge in [0.2, 0.25) is 5.91 Å². The molecule has 6 heteroatoms. The lowest BCUT2D eigenvalue weighted by Gasteiger charge is -2.10. The van der Waals surface area contributed by atoms with E-state index >= 15 is 0 Å². The topological polar surface area (TPSA) is 68.4 Å². The number of fused-ring (bicyclic) bond motifs is 1. The molecule has 0 saturated heterocycles. The molecule has 106 valence electrons. The number of rotatable bonds is 5. The first-order valence-corrected chi connectivity index (χ1v) is 6.43. The number of amides is 1. The predicted octanol–water partition coefficient (Wildman–Crippen LogP) is 2.42. The molecular weight excluding hydrogens is 258 g/mol. The van der Waals surface area contributed by atoms with Gasteiger partial charge in [0.05, 0.1) is 15.8 Å². The van der Waals surface area contributed by atoms with E-state index in [0.717, 1.165) is 5.52 Å². The summed E-state index contributed by atoms with van der Waals surface area (Å²) in [5.41, 5.74) is 0.946. The van der Waals surface area contributed by atoms with Crippen molar-refractivity contribution < 1.29 is 9.72 Å². The summed E-state index contributed by atoms with van der Waals surface area (Å²) < 4.78 is 1.95. The summed E-state index contributed by atoms with van der Waals surface area (Å²) in [5, 5.41) is 11.6. The van der Waals surface area contributed by atoms with Crippen molar-refractivity contribution in [2.24, 2.45) is 0 Å². The molecule has 0 unspecified atom stereocenters. The molecule has 1 amide bonds. The van der Waals surface area contributed by atoms with Gasteiger partial charge in [-0.15, -0.1) is 0 Å². The molecule has 0 radical (unpaired) electrons. The number of carbonyl (C=O) groups is 1. The number of aromatic nitrogens is 1. The quantitative estimate of drug-likeness (QED) is 0.621. The number of hydrogen-bond donors (Lipinski definition) is 0. The van der Waals surface area contributed by atoms with E-state index in [4.69, 9.17) is 0 Å². The lowest BCUT2D eigenvalue weighted by Crippen LogP contribution is -2.21. The van der Waals surface area contributed by atoms with Crippen molar-refractivity contribution in [2.75, 3.05) is 14.1 Å². The largest absolute Gasteiger partial charge is 0.349 e. The minimum absolute atomic E-state index is 0.0902. The second-order valence-electron chi connectivity index (χ2n) is 4.87. The first kappa shape index (κ1) is 14.0. The van der Waals surface area contributed by atoms with Crippen LogP contribution in [0.2, 0.25) is 0 Å². The van der Waals surface area contributed by atoms with Crippen molar-refractivity contribution in [2.45, 2.75) is 19.4 Å². The zero-order valence-corrected chi connectivity index (χ0v) is 11.6. The Balaban J connectivity index is 2.14. The van der Waals surface area contributed by atoms with Crippen LogP contribution in [0.15, 0.2) is 30.5 Å². The van der Waals surface area contributed by atoms with Gasteiger partial charge in [0.15, 0.2) is 0 Å². The number of non-ortho nitro benzene ring substituents is 1. The lowest BCUT2D eigenvalue weighted by molar-refractivity contribution is -0.383. The second-order valence-corrected chi connectivity index (χ2v) is 4.87. The number of nitrogens with zero attached hydrogens (tertiary/aromatic N) is 3. The molecule has 2 aromatic rings. The van der Waals surface area contributed by atoms with Gasteiger partial charge in [0, 0.05) is 39.3 Å². The van der Waals surface area contributed by atoms with Gasteiger partial charge in [-0.25, -0.2) is 0 Å². The number of hydrogen-bond acceptors (Lipinski definition) is 3. The van der Waals surface area contributed by atoms with Gasteiger partial charge in [0.1, 0.15) is 0 Å². The van der Waals surface area contributed by atoms with Gasteiger partial charge in [0.25, 0.3) is 5.69 Å². The molecule has 1 heterocycles. The number of carbonyl (C=O) groups excluding carboxylic acids is 1. The summed E-state index contributed by atoms with van der Waals surface area (Å²) in [6, 6.07) is 6.79. The molecule has 6 nitrogen and oxygen atoms in total. The third-order valence-electron chi connectivity index (χ3n) is 3.28. The Kier molecular flexibility index (Phi) is 4.02. The molecular formula is C14H17N3O3. The van der Waals surface area contributed by atoms with Crippen molar-refractivity contribution in [3.8, 4) is 0 Å². The smallest absolute Gasteiger partial charge is 0.278 e. The first-order chi connectivity index (χ1) is 9.50. The summed E-state index contributed by atoms with van der Waals surface area (Å²) in [5.74, 6) is 0.0902. The highest BCUT2D eigenvalue weighted by atomic mass is 16.6. The van der Waals surface area contributed by atoms with Gasteiger partial charge in [-0.3, -0.25) is 14.9 Å². The number of nitro benzene ring substituents is 1. The molecule has 0 aliphatic heterocycles. The van der Waals surface area contributed by atoms with E-state index in [-0.39, 0.29) is 16.5 Å². The second kappa shape index (κ2) is 5.73. The Morgan fingerprint density at radius 1 is 1.35 bits per heavy atom. The molecule has 0 fully saturated rings. The van der Waals surface area contributed by atoms with E-state index in [1.807, 2.05) is 16.8 Å². The third kappa shape index (κ3) is 2.79. The highest BCUT2D eigenvalue weighted by Crippen LogP contribution is 2.26. The van der Waals surface area contributed by atoms with Crippen LogP contribution in [0.25, 0.3) is 10.9 Å². The van der Waals surface area contributed by atoms with E-state index < -0.39 is 0 Å². The lowest BCUT2D eigenvalue weighted by atomic mass is 10.2. The Labute approximate surface area is 116 Å². The zero-order chi connectivity index (χ0) is 14.7. The van der Waals surface area contributed by atoms with Crippen molar-refractivity contribution in [3.05, 3.63) is 40.6 Å². The van der Waals surface area contributed by atoms with Crippen LogP contribution in [0.5, 0.6) is 0 Å². The Morgan fingerprint density at radius 3 is 2.75 bits per heavy atom. The first-order valence-electron chi connectivity index (χ1n) is 6.43. The van der Waals surface area contributed by atoms with Crippen LogP contribution in [-0.2, 0) is 11.3 Å². The molecule has 0 saturated carbocycles. The molecule has 1 aromatic carbocycles. The standard InChI is InChI=1S/C14H17N3O3/c1-15(2)14(18)7-4-9-16-10-8-11-12(16)5-3-6-13(11)17(19)20/h3,5-6,8,10H,4,7,9H2,1-2H3.